The first-order chi connectivity index (χ1) is 7.58. The average molecular weight is 213 g/mol. The van der Waals surface area contributed by atoms with Crippen LogP contribution >= 0.6 is 0 Å². The number of primary amides is 1. The number of aromatic nitrogens is 1. The van der Waals surface area contributed by atoms with Crippen LogP contribution in [0.2, 0.25) is 0 Å². The third-order valence-corrected chi connectivity index (χ3v) is 2.48. The highest BCUT2D eigenvalue weighted by Gasteiger charge is 2.10. The van der Waals surface area contributed by atoms with Crippen molar-refractivity contribution in [3.63, 3.8) is 0 Å². The van der Waals surface area contributed by atoms with Gasteiger partial charge in [-0.2, -0.15) is 0 Å². The van der Waals surface area contributed by atoms with Gasteiger partial charge in [0.2, 0.25) is 0 Å². The minimum absolute atomic E-state index is 0.308. The van der Waals surface area contributed by atoms with Crippen LogP contribution in [0, 0.1) is 0 Å². The van der Waals surface area contributed by atoms with Crippen LogP contribution in [0.4, 0.5) is 5.82 Å². The summed E-state index contributed by atoms with van der Waals surface area (Å²) in [6, 6.07) is 9.59. The maximum Gasteiger partial charge on any atom is 0.252 e. The van der Waals surface area contributed by atoms with E-state index < -0.39 is 5.91 Å². The second kappa shape index (κ2) is 3.77. The summed E-state index contributed by atoms with van der Waals surface area (Å²) in [6.45, 7) is 0. The predicted octanol–water partition coefficient (Wildman–Crippen LogP) is -0.379. The molecule has 5 N–H and O–H groups in total. The number of hydrogen-bond donors (Lipinski definition) is 3. The van der Waals surface area contributed by atoms with Gasteiger partial charge in [0, 0.05) is 5.69 Å². The zero-order valence-electron chi connectivity index (χ0n) is 8.95. The van der Waals surface area contributed by atoms with Gasteiger partial charge < -0.3 is 16.5 Å². The van der Waals surface area contributed by atoms with E-state index in [1.165, 1.54) is 5.46 Å². The average Bonchev–Trinajstić information content (AvgIpc) is 2.61. The Morgan fingerprint density at radius 3 is 2.38 bits per heavy atom. The minimum atomic E-state index is -0.521. The van der Waals surface area contributed by atoms with Crippen LogP contribution in [-0.2, 0) is 0 Å². The summed E-state index contributed by atoms with van der Waals surface area (Å²) < 4.78 is 0. The normalized spacial score (nSPS) is 10.2. The molecule has 0 spiro atoms. The first kappa shape index (κ1) is 10.4. The molecule has 0 radical (unpaired) electrons. The molecule has 0 bridgehead atoms. The van der Waals surface area contributed by atoms with Gasteiger partial charge in [-0.05, 0) is 11.6 Å². The van der Waals surface area contributed by atoms with Crippen molar-refractivity contribution in [1.29, 1.82) is 0 Å². The number of rotatable bonds is 2. The Labute approximate surface area is 94.1 Å². The zero-order valence-corrected chi connectivity index (χ0v) is 8.95. The molecule has 0 unspecified atom stereocenters. The number of aromatic amines is 1. The molecule has 80 valence electrons. The molecule has 1 amide bonds. The number of nitrogens with two attached hydrogens (primary N) is 2. The first-order valence-electron chi connectivity index (χ1n) is 4.93. The minimum Gasteiger partial charge on any atom is -0.385 e. The van der Waals surface area contributed by atoms with Crippen LogP contribution in [0.3, 0.4) is 0 Å². The maximum atomic E-state index is 11.0. The lowest BCUT2D eigenvalue weighted by Crippen LogP contribution is -2.11. The third-order valence-electron chi connectivity index (χ3n) is 2.48. The molecule has 0 aliphatic heterocycles. The summed E-state index contributed by atoms with van der Waals surface area (Å²) >= 11 is 0. The predicted molar refractivity (Wildman–Crippen MR) is 67.3 cm³/mol. The van der Waals surface area contributed by atoms with E-state index >= 15 is 0 Å². The molecular weight excluding hydrogens is 201 g/mol. The second-order valence-electron chi connectivity index (χ2n) is 3.74. The third kappa shape index (κ3) is 1.79. The Hall–Kier alpha value is -2.17. The fourth-order valence-electron chi connectivity index (χ4n) is 1.56. The van der Waals surface area contributed by atoms with Gasteiger partial charge in [-0.3, -0.25) is 4.79 Å². The molecule has 1 aromatic heterocycles. The Morgan fingerprint density at radius 2 is 1.88 bits per heavy atom. The summed E-state index contributed by atoms with van der Waals surface area (Å²) in [5.41, 5.74) is 14.1. The molecule has 0 saturated carbocycles. The highest BCUT2D eigenvalue weighted by atomic mass is 16.1. The van der Waals surface area contributed by atoms with Crippen molar-refractivity contribution in [3.05, 3.63) is 35.9 Å². The number of anilines is 1. The lowest BCUT2D eigenvalue weighted by Gasteiger charge is -1.98. The van der Waals surface area contributed by atoms with E-state index in [-0.39, 0.29) is 0 Å². The highest BCUT2D eigenvalue weighted by molar-refractivity contribution is 6.32. The van der Waals surface area contributed by atoms with Crippen LogP contribution in [-0.4, -0.2) is 18.7 Å². The molecule has 0 fully saturated rings. The van der Waals surface area contributed by atoms with Crippen LogP contribution in [0.5, 0.6) is 0 Å². The molecule has 5 heteroatoms. The Balaban J connectivity index is 2.45. The van der Waals surface area contributed by atoms with Gasteiger partial charge in [-0.15, -0.1) is 0 Å². The highest BCUT2D eigenvalue weighted by Crippen LogP contribution is 2.22. The fraction of sp³-hybridized carbons (Fsp3) is 0. The summed E-state index contributed by atoms with van der Waals surface area (Å²) in [5, 5.41) is 0. The van der Waals surface area contributed by atoms with Crippen molar-refractivity contribution in [3.8, 4) is 11.3 Å². The molecule has 1 aromatic carbocycles. The summed E-state index contributed by atoms with van der Waals surface area (Å²) in [7, 11) is 2.02. The van der Waals surface area contributed by atoms with Gasteiger partial charge in [-0.25, -0.2) is 0 Å². The van der Waals surface area contributed by atoms with Crippen LogP contribution in [0.1, 0.15) is 10.4 Å². The molecule has 0 saturated heterocycles. The van der Waals surface area contributed by atoms with Crippen LogP contribution < -0.4 is 16.9 Å². The number of hydrogen-bond acceptors (Lipinski definition) is 2. The van der Waals surface area contributed by atoms with Crippen molar-refractivity contribution in [2.24, 2.45) is 5.73 Å². The number of amides is 1. The van der Waals surface area contributed by atoms with Crippen molar-refractivity contribution in [2.45, 2.75) is 0 Å². The van der Waals surface area contributed by atoms with Gasteiger partial charge >= 0.3 is 0 Å². The van der Waals surface area contributed by atoms with E-state index in [9.17, 15) is 4.79 Å². The van der Waals surface area contributed by atoms with E-state index in [0.717, 1.165) is 11.3 Å². The van der Waals surface area contributed by atoms with Gasteiger partial charge in [0.25, 0.3) is 5.91 Å². The number of nitrogens with one attached hydrogen (secondary N) is 1. The largest absolute Gasteiger partial charge is 0.385 e. The molecule has 0 aliphatic rings. The van der Waals surface area contributed by atoms with E-state index in [1.807, 2.05) is 32.1 Å². The Kier molecular flexibility index (Phi) is 2.44. The second-order valence-corrected chi connectivity index (χ2v) is 3.74. The molecule has 2 rings (SSSR count). The first-order valence-corrected chi connectivity index (χ1v) is 4.93. The lowest BCUT2D eigenvalue weighted by molar-refractivity contribution is 0.100. The number of carbonyl (C=O) groups excluding carboxylic acids is 1. The number of nitrogen functional groups attached to an aromatic ring is 1. The maximum absolute atomic E-state index is 11.0. The molecular formula is C11H12BN3O. The fourth-order valence-corrected chi connectivity index (χ4v) is 1.56. The van der Waals surface area contributed by atoms with E-state index in [2.05, 4.69) is 4.98 Å². The Bertz CT molecular complexity index is 531. The standard InChI is InChI=1S/C11H12BN3O/c12-7-3-1-6(2-4-7)9-5-8(11(14)16)10(13)15-9/h1-5,15H,12-13H2,(H2,14,16). The summed E-state index contributed by atoms with van der Waals surface area (Å²) in [5.74, 6) is -0.213. The SMILES string of the molecule is Bc1ccc(-c2cc(C(N)=O)c(N)[nH]2)cc1. The smallest absolute Gasteiger partial charge is 0.252 e. The van der Waals surface area contributed by atoms with Crippen molar-refractivity contribution >= 4 is 25.0 Å². The summed E-state index contributed by atoms with van der Waals surface area (Å²) in [4.78, 5) is 14.0. The number of H-pyrrole nitrogens is 1. The topological polar surface area (TPSA) is 84.9 Å². The van der Waals surface area contributed by atoms with Crippen molar-refractivity contribution < 1.29 is 4.79 Å². The van der Waals surface area contributed by atoms with Crippen molar-refractivity contribution in [1.82, 2.24) is 4.98 Å². The van der Waals surface area contributed by atoms with E-state index in [1.54, 1.807) is 6.07 Å². The van der Waals surface area contributed by atoms with Gasteiger partial charge in [0.1, 0.15) is 13.7 Å². The van der Waals surface area contributed by atoms with Crippen molar-refractivity contribution in [2.75, 3.05) is 5.73 Å². The number of benzene rings is 1. The zero-order chi connectivity index (χ0) is 11.7. The lowest BCUT2D eigenvalue weighted by atomic mass is 9.95. The monoisotopic (exact) mass is 213 g/mol. The molecule has 2 aromatic rings. The van der Waals surface area contributed by atoms with Crippen LogP contribution in [0.25, 0.3) is 11.3 Å². The Morgan fingerprint density at radius 1 is 1.25 bits per heavy atom. The van der Waals surface area contributed by atoms with Gasteiger partial charge in [-0.1, -0.05) is 29.7 Å². The van der Waals surface area contributed by atoms with Gasteiger partial charge in [0.15, 0.2) is 0 Å². The molecule has 16 heavy (non-hydrogen) atoms. The number of carbonyl (C=O) groups is 1. The molecule has 0 atom stereocenters. The van der Waals surface area contributed by atoms with Crippen LogP contribution in [0.15, 0.2) is 30.3 Å². The summed E-state index contributed by atoms with van der Waals surface area (Å²) in [6.07, 6.45) is 0. The molecule has 4 nitrogen and oxygen atoms in total. The van der Waals surface area contributed by atoms with E-state index in [4.69, 9.17) is 11.5 Å². The quantitative estimate of drug-likeness (QED) is 0.594. The molecule has 1 heterocycles. The molecule has 0 aliphatic carbocycles. The van der Waals surface area contributed by atoms with Gasteiger partial charge in [0.05, 0.1) is 5.56 Å². The van der Waals surface area contributed by atoms with E-state index in [0.29, 0.717) is 11.4 Å².